The Kier molecular flexibility index (Phi) is 7.82. The molecule has 0 spiro atoms. The van der Waals surface area contributed by atoms with Gasteiger partial charge in [0.2, 0.25) is 5.91 Å². The van der Waals surface area contributed by atoms with Crippen molar-refractivity contribution in [3.05, 3.63) is 59.7 Å². The molecule has 2 N–H and O–H groups in total. The van der Waals surface area contributed by atoms with Crippen LogP contribution in [0, 0.1) is 0 Å². The Bertz CT molecular complexity index is 740. The van der Waals surface area contributed by atoms with E-state index in [1.807, 2.05) is 26.0 Å². The molecule has 0 unspecified atom stereocenters. The predicted molar refractivity (Wildman–Crippen MR) is 105 cm³/mol. The number of ether oxygens (including phenoxy) is 2. The number of benzene rings is 2. The van der Waals surface area contributed by atoms with E-state index in [1.165, 1.54) is 0 Å². The van der Waals surface area contributed by atoms with Gasteiger partial charge in [-0.2, -0.15) is 0 Å². The minimum atomic E-state index is -0.198. The normalized spacial score (nSPS) is 10.5. The maximum Gasteiger partial charge on any atom is 0.255 e. The van der Waals surface area contributed by atoms with Gasteiger partial charge in [-0.05, 0) is 55.8 Å². The van der Waals surface area contributed by atoms with Gasteiger partial charge in [0.1, 0.15) is 5.75 Å². The third-order valence-electron chi connectivity index (χ3n) is 3.69. The van der Waals surface area contributed by atoms with Crippen LogP contribution in [0.3, 0.4) is 0 Å². The molecular formula is C21H26N2O4. The van der Waals surface area contributed by atoms with E-state index in [0.29, 0.717) is 24.4 Å². The highest BCUT2D eigenvalue weighted by molar-refractivity contribution is 6.04. The van der Waals surface area contributed by atoms with Crippen molar-refractivity contribution in [2.45, 2.75) is 26.4 Å². The number of amides is 2. The van der Waals surface area contributed by atoms with Crippen molar-refractivity contribution < 1.29 is 19.1 Å². The molecule has 0 heterocycles. The summed E-state index contributed by atoms with van der Waals surface area (Å²) >= 11 is 0. The van der Waals surface area contributed by atoms with E-state index in [9.17, 15) is 9.59 Å². The zero-order chi connectivity index (χ0) is 19.6. The largest absolute Gasteiger partial charge is 0.491 e. The SMILES string of the molecule is COCCNC(=O)Cc1ccc(NC(=O)c2ccc(OC(C)C)cc2)cc1. The first-order chi connectivity index (χ1) is 13.0. The molecule has 2 amide bonds. The van der Waals surface area contributed by atoms with Gasteiger partial charge >= 0.3 is 0 Å². The smallest absolute Gasteiger partial charge is 0.255 e. The van der Waals surface area contributed by atoms with E-state index in [2.05, 4.69) is 10.6 Å². The first-order valence-electron chi connectivity index (χ1n) is 8.90. The molecule has 2 aromatic carbocycles. The molecule has 6 heteroatoms. The Morgan fingerprint density at radius 3 is 2.26 bits per heavy atom. The molecule has 144 valence electrons. The molecule has 0 aliphatic rings. The molecule has 0 atom stereocenters. The maximum absolute atomic E-state index is 12.3. The minimum Gasteiger partial charge on any atom is -0.491 e. The summed E-state index contributed by atoms with van der Waals surface area (Å²) in [6.07, 6.45) is 0.375. The summed E-state index contributed by atoms with van der Waals surface area (Å²) in [4.78, 5) is 24.1. The number of anilines is 1. The third-order valence-corrected chi connectivity index (χ3v) is 3.69. The van der Waals surface area contributed by atoms with Gasteiger partial charge in [-0.15, -0.1) is 0 Å². The molecule has 0 aliphatic carbocycles. The molecule has 0 saturated carbocycles. The second kappa shape index (κ2) is 10.3. The van der Waals surface area contributed by atoms with E-state index in [4.69, 9.17) is 9.47 Å². The number of hydrogen-bond acceptors (Lipinski definition) is 4. The molecule has 0 radical (unpaired) electrons. The lowest BCUT2D eigenvalue weighted by Gasteiger charge is -2.10. The van der Waals surface area contributed by atoms with E-state index in [0.717, 1.165) is 11.3 Å². The number of rotatable bonds is 9. The van der Waals surface area contributed by atoms with Crippen molar-refractivity contribution in [2.75, 3.05) is 25.6 Å². The standard InChI is InChI=1S/C21H26N2O4/c1-15(2)27-19-10-6-17(7-11-19)21(25)23-18-8-4-16(5-9-18)14-20(24)22-12-13-26-3/h4-11,15H,12-14H2,1-3H3,(H,22,24)(H,23,25). The lowest BCUT2D eigenvalue weighted by atomic mass is 10.1. The zero-order valence-corrected chi connectivity index (χ0v) is 16.0. The van der Waals surface area contributed by atoms with E-state index < -0.39 is 0 Å². The lowest BCUT2D eigenvalue weighted by molar-refractivity contribution is -0.120. The van der Waals surface area contributed by atoms with Gasteiger partial charge in [0.15, 0.2) is 0 Å². The van der Waals surface area contributed by atoms with Gasteiger partial charge in [-0.25, -0.2) is 0 Å². The Hall–Kier alpha value is -2.86. The molecule has 27 heavy (non-hydrogen) atoms. The molecule has 6 nitrogen and oxygen atoms in total. The highest BCUT2D eigenvalue weighted by Gasteiger charge is 2.08. The number of carbonyl (C=O) groups is 2. The van der Waals surface area contributed by atoms with Crippen LogP contribution in [0.4, 0.5) is 5.69 Å². The van der Waals surface area contributed by atoms with Gasteiger partial charge in [-0.1, -0.05) is 12.1 Å². The first-order valence-corrected chi connectivity index (χ1v) is 8.90. The van der Waals surface area contributed by atoms with Gasteiger partial charge in [-0.3, -0.25) is 9.59 Å². The molecule has 0 bridgehead atoms. The Morgan fingerprint density at radius 1 is 1.00 bits per heavy atom. The second-order valence-corrected chi connectivity index (χ2v) is 6.36. The van der Waals surface area contributed by atoms with Crippen molar-refractivity contribution in [1.29, 1.82) is 0 Å². The lowest BCUT2D eigenvalue weighted by Crippen LogP contribution is -2.28. The number of hydrogen-bond donors (Lipinski definition) is 2. The van der Waals surface area contributed by atoms with Crippen LogP contribution in [0.1, 0.15) is 29.8 Å². The molecule has 0 aliphatic heterocycles. The fourth-order valence-corrected chi connectivity index (χ4v) is 2.41. The maximum atomic E-state index is 12.3. The minimum absolute atomic E-state index is 0.0625. The van der Waals surface area contributed by atoms with Crippen molar-refractivity contribution in [1.82, 2.24) is 5.32 Å². The quantitative estimate of drug-likeness (QED) is 0.665. The van der Waals surface area contributed by atoms with Crippen LogP contribution in [0.5, 0.6) is 5.75 Å². The van der Waals surface area contributed by atoms with E-state index in [1.54, 1.807) is 43.5 Å². The monoisotopic (exact) mass is 370 g/mol. The fourth-order valence-electron chi connectivity index (χ4n) is 2.41. The first kappa shape index (κ1) is 20.5. The van der Waals surface area contributed by atoms with Crippen molar-refractivity contribution >= 4 is 17.5 Å². The van der Waals surface area contributed by atoms with Gasteiger partial charge in [0.05, 0.1) is 19.1 Å². The Labute approximate surface area is 159 Å². The summed E-state index contributed by atoms with van der Waals surface area (Å²) < 4.78 is 10.5. The molecule has 0 saturated heterocycles. The van der Waals surface area contributed by atoms with Gasteiger partial charge in [0, 0.05) is 24.9 Å². The topological polar surface area (TPSA) is 76.7 Å². The molecule has 0 fully saturated rings. The summed E-state index contributed by atoms with van der Waals surface area (Å²) in [5, 5.41) is 5.62. The average Bonchev–Trinajstić information content (AvgIpc) is 2.63. The van der Waals surface area contributed by atoms with Crippen LogP contribution < -0.4 is 15.4 Å². The molecular weight excluding hydrogens is 344 g/mol. The second-order valence-electron chi connectivity index (χ2n) is 6.36. The van der Waals surface area contributed by atoms with Crippen LogP contribution in [0.2, 0.25) is 0 Å². The van der Waals surface area contributed by atoms with Crippen LogP contribution in [0.25, 0.3) is 0 Å². The summed E-state index contributed by atoms with van der Waals surface area (Å²) in [7, 11) is 1.59. The summed E-state index contributed by atoms with van der Waals surface area (Å²) in [6, 6.07) is 14.2. The summed E-state index contributed by atoms with van der Waals surface area (Å²) in [5.41, 5.74) is 2.09. The van der Waals surface area contributed by atoms with Gasteiger partial charge in [0.25, 0.3) is 5.91 Å². The van der Waals surface area contributed by atoms with E-state index >= 15 is 0 Å². The number of nitrogens with one attached hydrogen (secondary N) is 2. The number of carbonyl (C=O) groups excluding carboxylic acids is 2. The number of methoxy groups -OCH3 is 1. The summed E-state index contributed by atoms with van der Waals surface area (Å²) in [6.45, 7) is 4.88. The van der Waals surface area contributed by atoms with Crippen LogP contribution in [-0.2, 0) is 16.0 Å². The third kappa shape index (κ3) is 7.11. The molecule has 2 rings (SSSR count). The van der Waals surface area contributed by atoms with Crippen molar-refractivity contribution in [3.63, 3.8) is 0 Å². The Morgan fingerprint density at radius 2 is 1.67 bits per heavy atom. The van der Waals surface area contributed by atoms with E-state index in [-0.39, 0.29) is 24.3 Å². The van der Waals surface area contributed by atoms with Crippen molar-refractivity contribution in [2.24, 2.45) is 0 Å². The Balaban J connectivity index is 1.88. The fraction of sp³-hybridized carbons (Fsp3) is 0.333. The van der Waals surface area contributed by atoms with Crippen LogP contribution in [0.15, 0.2) is 48.5 Å². The summed E-state index contributed by atoms with van der Waals surface area (Å²) in [5.74, 6) is 0.471. The van der Waals surface area contributed by atoms with Crippen LogP contribution >= 0.6 is 0 Å². The van der Waals surface area contributed by atoms with Crippen LogP contribution in [-0.4, -0.2) is 38.2 Å². The average molecular weight is 370 g/mol. The highest BCUT2D eigenvalue weighted by Crippen LogP contribution is 2.16. The predicted octanol–water partition coefficient (Wildman–Crippen LogP) is 3.03. The zero-order valence-electron chi connectivity index (χ0n) is 16.0. The van der Waals surface area contributed by atoms with Crippen molar-refractivity contribution in [3.8, 4) is 5.75 Å². The molecule has 2 aromatic rings. The highest BCUT2D eigenvalue weighted by atomic mass is 16.5. The van der Waals surface area contributed by atoms with Gasteiger partial charge < -0.3 is 20.1 Å². The molecule has 0 aromatic heterocycles.